The number of benzene rings is 1. The molecule has 0 aliphatic heterocycles. The average molecular weight is 206 g/mol. The first-order chi connectivity index (χ1) is 7.22. The van der Waals surface area contributed by atoms with Gasteiger partial charge in [-0.25, -0.2) is 5.54 Å². The van der Waals surface area contributed by atoms with Crippen molar-refractivity contribution in [2.24, 2.45) is 0 Å². The molecular weight excluding hydrogens is 191 g/mol. The molecule has 0 fully saturated rings. The zero-order chi connectivity index (χ0) is 11.3. The molecule has 0 saturated carbocycles. The number of rotatable bonds is 3. The molecule has 2 nitrogen and oxygen atoms in total. The Kier molecular flexibility index (Phi) is 3.92. The van der Waals surface area contributed by atoms with Crippen LogP contribution in [0.3, 0.4) is 0 Å². The summed E-state index contributed by atoms with van der Waals surface area (Å²) in [5, 5.41) is 0. The maximum atomic E-state index is 12.2. The van der Waals surface area contributed by atoms with Gasteiger partial charge in [-0.15, -0.1) is 4.48 Å². The fraction of sp³-hybridized carbons (Fsp3) is 0.167. The van der Waals surface area contributed by atoms with Gasteiger partial charge in [0.05, 0.1) is 11.4 Å². The first-order valence-electron chi connectivity index (χ1n) is 4.78. The summed E-state index contributed by atoms with van der Waals surface area (Å²) in [6.45, 7) is 3.90. The number of halogens is 1. The van der Waals surface area contributed by atoms with Gasteiger partial charge in [0.2, 0.25) is 0 Å². The molecule has 0 spiro atoms. The summed E-state index contributed by atoms with van der Waals surface area (Å²) >= 11 is 0. The zero-order valence-electron chi connectivity index (χ0n) is 8.92. The van der Waals surface area contributed by atoms with Gasteiger partial charge in [-0.1, -0.05) is 24.3 Å². The number of anilines is 2. The lowest BCUT2D eigenvalue weighted by Gasteiger charge is -2.06. The Morgan fingerprint density at radius 3 is 2.60 bits per heavy atom. The molecule has 0 radical (unpaired) electrons. The van der Waals surface area contributed by atoms with Gasteiger partial charge in [0.15, 0.2) is 0 Å². The molecule has 1 rings (SSSR count). The van der Waals surface area contributed by atoms with E-state index in [0.717, 1.165) is 11.1 Å². The Balaban J connectivity index is 3.11. The molecule has 0 aromatic heterocycles. The lowest BCUT2D eigenvalue weighted by molar-refractivity contribution is 0.618. The van der Waals surface area contributed by atoms with Crippen LogP contribution >= 0.6 is 0 Å². The Morgan fingerprint density at radius 2 is 2.13 bits per heavy atom. The van der Waals surface area contributed by atoms with Gasteiger partial charge in [0.25, 0.3) is 0 Å². The van der Waals surface area contributed by atoms with Crippen LogP contribution in [0.15, 0.2) is 36.4 Å². The van der Waals surface area contributed by atoms with Crippen molar-refractivity contribution in [3.05, 3.63) is 42.0 Å². The molecular formula is C12H15FN2. The molecule has 3 heteroatoms. The molecule has 0 amide bonds. The highest BCUT2D eigenvalue weighted by atomic mass is 19.2. The van der Waals surface area contributed by atoms with Gasteiger partial charge in [0, 0.05) is 0 Å². The predicted molar refractivity (Wildman–Crippen MR) is 64.1 cm³/mol. The normalized spacial score (nSPS) is 12.1. The fourth-order valence-electron chi connectivity index (χ4n) is 1.37. The molecule has 0 heterocycles. The highest BCUT2D eigenvalue weighted by Gasteiger charge is 2.01. The summed E-state index contributed by atoms with van der Waals surface area (Å²) in [6, 6.07) is 5.20. The predicted octanol–water partition coefficient (Wildman–Crippen LogP) is 3.54. The van der Waals surface area contributed by atoms with E-state index in [1.807, 2.05) is 38.1 Å². The molecule has 0 aliphatic carbocycles. The van der Waals surface area contributed by atoms with E-state index >= 15 is 0 Å². The van der Waals surface area contributed by atoms with Gasteiger partial charge < -0.3 is 5.73 Å². The van der Waals surface area contributed by atoms with E-state index in [-0.39, 0.29) is 0 Å². The molecule has 0 bridgehead atoms. The van der Waals surface area contributed by atoms with E-state index in [0.29, 0.717) is 11.4 Å². The van der Waals surface area contributed by atoms with Crippen molar-refractivity contribution < 1.29 is 4.48 Å². The highest BCUT2D eigenvalue weighted by molar-refractivity contribution is 5.79. The van der Waals surface area contributed by atoms with Crippen molar-refractivity contribution in [3.63, 3.8) is 0 Å². The van der Waals surface area contributed by atoms with Crippen LogP contribution in [0.1, 0.15) is 19.4 Å². The first-order valence-corrected chi connectivity index (χ1v) is 4.78. The minimum atomic E-state index is 0.301. The van der Waals surface area contributed by atoms with Gasteiger partial charge in [-0.3, -0.25) is 0 Å². The lowest BCUT2D eigenvalue weighted by Crippen LogP contribution is -1.93. The Labute approximate surface area is 89.2 Å². The van der Waals surface area contributed by atoms with E-state index in [1.54, 1.807) is 17.7 Å². The van der Waals surface area contributed by atoms with Crippen LogP contribution in [-0.2, 0) is 0 Å². The first kappa shape index (κ1) is 11.3. The molecule has 15 heavy (non-hydrogen) atoms. The highest BCUT2D eigenvalue weighted by Crippen LogP contribution is 2.24. The van der Waals surface area contributed by atoms with E-state index in [1.165, 1.54) is 0 Å². The Bertz CT molecular complexity index is 395. The summed E-state index contributed by atoms with van der Waals surface area (Å²) in [5.41, 5.74) is 9.96. The topological polar surface area (TPSA) is 38.0 Å². The van der Waals surface area contributed by atoms with Crippen molar-refractivity contribution in [3.8, 4) is 0 Å². The van der Waals surface area contributed by atoms with E-state index in [9.17, 15) is 4.48 Å². The quantitative estimate of drug-likeness (QED) is 0.451. The molecule has 0 aliphatic rings. The number of allylic oxidation sites excluding steroid dienone is 4. The average Bonchev–Trinajstić information content (AvgIpc) is 2.25. The molecule has 0 saturated heterocycles. The smallest absolute Gasteiger partial charge is 0.0885 e. The van der Waals surface area contributed by atoms with Crippen LogP contribution in [-0.4, -0.2) is 0 Å². The van der Waals surface area contributed by atoms with E-state index < -0.39 is 0 Å². The molecule has 0 atom stereocenters. The molecule has 80 valence electrons. The van der Waals surface area contributed by atoms with Gasteiger partial charge in [-0.05, 0) is 37.1 Å². The maximum Gasteiger partial charge on any atom is 0.0885 e. The number of hydrogen-bond donors (Lipinski definition) is 2. The minimum absolute atomic E-state index is 0.301. The standard InChI is InChI=1S/C12H15FN2/c1-3-5-9(4-2)10-6-7-12(15-13)11(14)8-10/h3-8,15H,14H2,1-2H3/b5-3-,9-4+. The van der Waals surface area contributed by atoms with Crippen molar-refractivity contribution in [2.75, 3.05) is 11.3 Å². The number of hydrogen-bond acceptors (Lipinski definition) is 2. The molecule has 0 unspecified atom stereocenters. The van der Waals surface area contributed by atoms with Crippen LogP contribution in [0.25, 0.3) is 5.57 Å². The van der Waals surface area contributed by atoms with Crippen LogP contribution in [0.4, 0.5) is 15.9 Å². The van der Waals surface area contributed by atoms with Gasteiger partial charge >= 0.3 is 0 Å². The zero-order valence-corrected chi connectivity index (χ0v) is 8.92. The fourth-order valence-corrected chi connectivity index (χ4v) is 1.37. The van der Waals surface area contributed by atoms with Crippen LogP contribution in [0.5, 0.6) is 0 Å². The second-order valence-electron chi connectivity index (χ2n) is 3.14. The van der Waals surface area contributed by atoms with Crippen molar-refractivity contribution >= 4 is 16.9 Å². The Hall–Kier alpha value is -1.77. The number of nitrogen functional groups attached to an aromatic ring is 1. The number of nitrogens with two attached hydrogens (primary N) is 1. The minimum Gasteiger partial charge on any atom is -0.397 e. The van der Waals surface area contributed by atoms with E-state index in [2.05, 4.69) is 0 Å². The van der Waals surface area contributed by atoms with Crippen molar-refractivity contribution in [1.82, 2.24) is 0 Å². The third kappa shape index (κ3) is 2.59. The van der Waals surface area contributed by atoms with Crippen molar-refractivity contribution in [1.29, 1.82) is 0 Å². The summed E-state index contributed by atoms with van der Waals surface area (Å²) in [7, 11) is 0. The second-order valence-corrected chi connectivity index (χ2v) is 3.14. The van der Waals surface area contributed by atoms with Gasteiger partial charge in [0.1, 0.15) is 0 Å². The lowest BCUT2D eigenvalue weighted by atomic mass is 10.0. The number of nitrogens with one attached hydrogen (secondary N) is 1. The summed E-state index contributed by atoms with van der Waals surface area (Å²) in [4.78, 5) is 0. The van der Waals surface area contributed by atoms with Crippen LogP contribution in [0.2, 0.25) is 0 Å². The third-order valence-electron chi connectivity index (χ3n) is 2.14. The largest absolute Gasteiger partial charge is 0.397 e. The molecule has 3 N–H and O–H groups in total. The maximum absolute atomic E-state index is 12.2. The van der Waals surface area contributed by atoms with Crippen LogP contribution < -0.4 is 11.3 Å². The SMILES string of the molecule is C/C=C\C(=C/C)c1ccc(NF)c(N)c1. The monoisotopic (exact) mass is 206 g/mol. The second kappa shape index (κ2) is 5.20. The molecule has 1 aromatic carbocycles. The summed E-state index contributed by atoms with van der Waals surface area (Å²) < 4.78 is 12.2. The Morgan fingerprint density at radius 1 is 1.40 bits per heavy atom. The third-order valence-corrected chi connectivity index (χ3v) is 2.14. The summed E-state index contributed by atoms with van der Waals surface area (Å²) in [5.74, 6) is 0. The molecule has 1 aromatic rings. The van der Waals surface area contributed by atoms with E-state index in [4.69, 9.17) is 5.73 Å². The summed E-state index contributed by atoms with van der Waals surface area (Å²) in [6.07, 6.45) is 5.92. The van der Waals surface area contributed by atoms with Gasteiger partial charge in [-0.2, -0.15) is 0 Å². The van der Waals surface area contributed by atoms with Crippen LogP contribution in [0, 0.1) is 0 Å². The van der Waals surface area contributed by atoms with Crippen molar-refractivity contribution in [2.45, 2.75) is 13.8 Å².